The van der Waals surface area contributed by atoms with E-state index >= 15 is 0 Å². The zero-order valence-corrected chi connectivity index (χ0v) is 18.1. The average molecular weight is 440 g/mol. The number of nitrogens with zero attached hydrogens (tertiary/aromatic N) is 2. The third-order valence-corrected chi connectivity index (χ3v) is 6.93. The molecule has 2 N–H and O–H groups in total. The van der Waals surface area contributed by atoms with E-state index in [1.807, 2.05) is 12.1 Å². The summed E-state index contributed by atoms with van der Waals surface area (Å²) in [4.78, 5) is 14.8. The molecule has 1 saturated heterocycles. The number of rotatable bonds is 4. The van der Waals surface area contributed by atoms with Crippen LogP contribution < -0.4 is 15.4 Å². The number of likely N-dealkylation sites (tertiary alicyclic amines) is 1. The van der Waals surface area contributed by atoms with Crippen molar-refractivity contribution in [2.75, 3.05) is 26.0 Å². The highest BCUT2D eigenvalue weighted by atomic mass is 19.2. The molecule has 0 spiro atoms. The van der Waals surface area contributed by atoms with Crippen LogP contribution in [0.2, 0.25) is 0 Å². The second-order valence-corrected chi connectivity index (χ2v) is 8.63. The highest BCUT2D eigenvalue weighted by Crippen LogP contribution is 2.49. The number of fused-ring (bicyclic) bond motifs is 1. The first kappa shape index (κ1) is 22.0. The van der Waals surface area contributed by atoms with Crippen molar-refractivity contribution in [1.29, 1.82) is 5.26 Å². The van der Waals surface area contributed by atoms with Crippen LogP contribution in [0.5, 0.6) is 5.75 Å². The Bertz CT molecular complexity index is 1070. The van der Waals surface area contributed by atoms with Gasteiger partial charge in [-0.1, -0.05) is 6.07 Å². The maximum Gasteiger partial charge on any atom is 0.319 e. The molecule has 4 rings (SSSR count). The molecule has 1 aliphatic carbocycles. The summed E-state index contributed by atoms with van der Waals surface area (Å²) in [6.45, 7) is 0.937. The molecule has 0 bridgehead atoms. The SMILES string of the molecule is COc1ccc([C@@]23CC[C@@H](NC(=O)Nc4ccc(F)c(F)c4)C[C@@H]2N(C)CC3)cc1C#N. The van der Waals surface area contributed by atoms with Gasteiger partial charge in [0.1, 0.15) is 11.8 Å². The lowest BCUT2D eigenvalue weighted by Gasteiger charge is -2.45. The standard InChI is InChI=1S/C24H26F2N4O2/c1-30-10-9-24(16-3-6-21(32-2)15(11-16)14-27)8-7-18(13-22(24)30)29-23(31)28-17-4-5-19(25)20(26)12-17/h3-6,11-12,18,22H,7-10,13H2,1-2H3,(H2,28,29,31)/t18-,22+,24+/m1/s1. The highest BCUT2D eigenvalue weighted by Gasteiger charge is 2.50. The van der Waals surface area contributed by atoms with Gasteiger partial charge in [0.15, 0.2) is 11.6 Å². The molecule has 6 nitrogen and oxygen atoms in total. The second-order valence-electron chi connectivity index (χ2n) is 8.63. The fraction of sp³-hybridized carbons (Fsp3) is 0.417. The molecule has 2 aromatic rings. The molecule has 0 radical (unpaired) electrons. The fourth-order valence-electron chi connectivity index (χ4n) is 5.28. The van der Waals surface area contributed by atoms with Crippen LogP contribution in [-0.4, -0.2) is 43.7 Å². The Morgan fingerprint density at radius 2 is 2.03 bits per heavy atom. The number of carbonyl (C=O) groups is 1. The van der Waals surface area contributed by atoms with Gasteiger partial charge in [-0.05, 0) is 69.1 Å². The van der Waals surface area contributed by atoms with Crippen molar-refractivity contribution in [3.05, 3.63) is 59.2 Å². The maximum absolute atomic E-state index is 13.4. The Kier molecular flexibility index (Phi) is 6.02. The minimum Gasteiger partial charge on any atom is -0.495 e. The number of benzene rings is 2. The summed E-state index contributed by atoms with van der Waals surface area (Å²) in [5.74, 6) is -1.39. The number of methoxy groups -OCH3 is 1. The molecular weight excluding hydrogens is 414 g/mol. The van der Waals surface area contributed by atoms with Gasteiger partial charge in [0.2, 0.25) is 0 Å². The lowest BCUT2D eigenvalue weighted by molar-refractivity contribution is 0.156. The Hall–Kier alpha value is -3.18. The summed E-state index contributed by atoms with van der Waals surface area (Å²) in [7, 11) is 3.65. The predicted molar refractivity (Wildman–Crippen MR) is 117 cm³/mol. The van der Waals surface area contributed by atoms with Gasteiger partial charge in [0.25, 0.3) is 0 Å². The molecule has 1 aliphatic heterocycles. The summed E-state index contributed by atoms with van der Waals surface area (Å²) in [6, 6.07) is 11.1. The van der Waals surface area contributed by atoms with Crippen LogP contribution in [0.4, 0.5) is 19.3 Å². The highest BCUT2D eigenvalue weighted by molar-refractivity contribution is 5.89. The number of hydrogen-bond acceptors (Lipinski definition) is 4. The van der Waals surface area contributed by atoms with Crippen molar-refractivity contribution in [1.82, 2.24) is 10.2 Å². The van der Waals surface area contributed by atoms with Crippen molar-refractivity contribution >= 4 is 11.7 Å². The van der Waals surface area contributed by atoms with Gasteiger partial charge in [-0.3, -0.25) is 0 Å². The number of urea groups is 1. The number of amides is 2. The molecule has 0 aromatic heterocycles. The molecular formula is C24H26F2N4O2. The van der Waals surface area contributed by atoms with Crippen LogP contribution in [0.3, 0.4) is 0 Å². The first-order chi connectivity index (χ1) is 15.4. The minimum absolute atomic E-state index is 0.0485. The zero-order chi connectivity index (χ0) is 22.9. The maximum atomic E-state index is 13.4. The summed E-state index contributed by atoms with van der Waals surface area (Å²) in [6.07, 6.45) is 3.40. The van der Waals surface area contributed by atoms with Crippen LogP contribution >= 0.6 is 0 Å². The summed E-state index contributed by atoms with van der Waals surface area (Å²) in [5.41, 5.74) is 1.78. The van der Waals surface area contributed by atoms with Crippen molar-refractivity contribution in [3.63, 3.8) is 0 Å². The van der Waals surface area contributed by atoms with E-state index in [-0.39, 0.29) is 23.2 Å². The topological polar surface area (TPSA) is 77.4 Å². The van der Waals surface area contributed by atoms with Gasteiger partial charge >= 0.3 is 6.03 Å². The van der Waals surface area contributed by atoms with E-state index in [4.69, 9.17) is 4.74 Å². The lowest BCUT2D eigenvalue weighted by Crippen LogP contribution is -2.52. The number of hydrogen-bond donors (Lipinski definition) is 2. The Labute approximate surface area is 186 Å². The van der Waals surface area contributed by atoms with E-state index < -0.39 is 17.7 Å². The zero-order valence-electron chi connectivity index (χ0n) is 18.1. The molecule has 32 heavy (non-hydrogen) atoms. The largest absolute Gasteiger partial charge is 0.495 e. The Morgan fingerprint density at radius 3 is 2.75 bits per heavy atom. The molecule has 1 saturated carbocycles. The number of likely N-dealkylation sites (N-methyl/N-ethyl adjacent to an activating group) is 1. The van der Waals surface area contributed by atoms with Crippen molar-refractivity contribution in [2.24, 2.45) is 0 Å². The van der Waals surface area contributed by atoms with E-state index in [1.165, 1.54) is 6.07 Å². The van der Waals surface area contributed by atoms with E-state index in [0.717, 1.165) is 49.9 Å². The van der Waals surface area contributed by atoms with Crippen molar-refractivity contribution < 1.29 is 18.3 Å². The molecule has 3 atom stereocenters. The molecule has 168 valence electrons. The molecule has 2 amide bonds. The monoisotopic (exact) mass is 440 g/mol. The third-order valence-electron chi connectivity index (χ3n) is 6.93. The number of ether oxygens (including phenoxy) is 1. The van der Waals surface area contributed by atoms with Gasteiger partial charge < -0.3 is 20.3 Å². The average Bonchev–Trinajstić information content (AvgIpc) is 3.13. The minimum atomic E-state index is -1.01. The van der Waals surface area contributed by atoms with E-state index in [1.54, 1.807) is 7.11 Å². The third kappa shape index (κ3) is 4.00. The molecule has 2 aromatic carbocycles. The number of halogens is 2. The predicted octanol–water partition coefficient (Wildman–Crippen LogP) is 4.16. The van der Waals surface area contributed by atoms with Crippen LogP contribution in [-0.2, 0) is 5.41 Å². The number of carbonyl (C=O) groups excluding carboxylic acids is 1. The molecule has 2 fully saturated rings. The van der Waals surface area contributed by atoms with Crippen molar-refractivity contribution in [2.45, 2.75) is 43.2 Å². The van der Waals surface area contributed by atoms with Crippen molar-refractivity contribution in [3.8, 4) is 11.8 Å². The van der Waals surface area contributed by atoms with Gasteiger partial charge in [-0.15, -0.1) is 0 Å². The quantitative estimate of drug-likeness (QED) is 0.749. The molecule has 2 aliphatic rings. The first-order valence-electron chi connectivity index (χ1n) is 10.7. The number of nitrogens with one attached hydrogen (secondary N) is 2. The van der Waals surface area contributed by atoms with Gasteiger partial charge in [0.05, 0.1) is 12.7 Å². The first-order valence-corrected chi connectivity index (χ1v) is 10.7. The summed E-state index contributed by atoms with van der Waals surface area (Å²) < 4.78 is 31.8. The smallest absolute Gasteiger partial charge is 0.319 e. The van der Waals surface area contributed by atoms with Crippen LogP contribution in [0.25, 0.3) is 0 Å². The number of anilines is 1. The molecule has 8 heteroatoms. The summed E-state index contributed by atoms with van der Waals surface area (Å²) >= 11 is 0. The van der Waals surface area contributed by atoms with Crippen LogP contribution in [0, 0.1) is 23.0 Å². The fourth-order valence-corrected chi connectivity index (χ4v) is 5.28. The normalized spacial score (nSPS) is 25.0. The van der Waals surface area contributed by atoms with Crippen LogP contribution in [0.1, 0.15) is 36.8 Å². The van der Waals surface area contributed by atoms with Gasteiger partial charge in [-0.25, -0.2) is 13.6 Å². The second kappa shape index (κ2) is 8.75. The van der Waals surface area contributed by atoms with E-state index in [2.05, 4.69) is 34.7 Å². The summed E-state index contributed by atoms with van der Waals surface area (Å²) in [5, 5.41) is 15.1. The Morgan fingerprint density at radius 1 is 1.22 bits per heavy atom. The van der Waals surface area contributed by atoms with E-state index in [9.17, 15) is 18.8 Å². The lowest BCUT2D eigenvalue weighted by atomic mass is 9.65. The number of nitriles is 1. The Balaban J connectivity index is 1.48. The van der Waals surface area contributed by atoms with Gasteiger partial charge in [-0.2, -0.15) is 5.26 Å². The van der Waals surface area contributed by atoms with Crippen LogP contribution in [0.15, 0.2) is 36.4 Å². The molecule has 0 unspecified atom stereocenters. The molecule has 1 heterocycles. The van der Waals surface area contributed by atoms with Gasteiger partial charge in [0, 0.05) is 29.3 Å². The van der Waals surface area contributed by atoms with E-state index in [0.29, 0.717) is 11.3 Å².